The first-order chi connectivity index (χ1) is 13.3. The Morgan fingerprint density at radius 2 is 1.56 bits per heavy atom. The molecule has 27 heavy (non-hydrogen) atoms. The quantitative estimate of drug-likeness (QED) is 0.568. The number of rotatable bonds is 6. The zero-order chi connectivity index (χ0) is 18.5. The van der Waals surface area contributed by atoms with Gasteiger partial charge in [-0.3, -0.25) is 4.79 Å². The van der Waals surface area contributed by atoms with Crippen molar-refractivity contribution in [1.82, 2.24) is 0 Å². The predicted octanol–water partition coefficient (Wildman–Crippen LogP) is 5.22. The number of ketones is 1. The van der Waals surface area contributed by atoms with Gasteiger partial charge >= 0.3 is 0 Å². The van der Waals surface area contributed by atoms with Crippen LogP contribution < -0.4 is 9.47 Å². The van der Waals surface area contributed by atoms with Gasteiger partial charge in [0.05, 0.1) is 0 Å². The molecule has 0 N–H and O–H groups in total. The van der Waals surface area contributed by atoms with E-state index < -0.39 is 0 Å². The first-order valence-corrected chi connectivity index (χ1v) is 9.00. The van der Waals surface area contributed by atoms with Gasteiger partial charge in [-0.25, -0.2) is 0 Å². The van der Waals surface area contributed by atoms with Crippen molar-refractivity contribution in [3.63, 3.8) is 0 Å². The van der Waals surface area contributed by atoms with Gasteiger partial charge in [0.15, 0.2) is 17.3 Å². The zero-order valence-corrected chi connectivity index (χ0v) is 14.9. The SMILES string of the molecule is O=C(/C=C/c1ccccc1)CC(c1ccccc1)c1ccc2c(c1)OCO2. The maximum Gasteiger partial charge on any atom is 0.231 e. The lowest BCUT2D eigenvalue weighted by molar-refractivity contribution is -0.114. The molecule has 1 aliphatic rings. The number of benzene rings is 3. The number of ether oxygens (including phenoxy) is 2. The van der Waals surface area contributed by atoms with Crippen LogP contribution >= 0.6 is 0 Å². The molecule has 0 radical (unpaired) electrons. The Kier molecular flexibility index (Phi) is 5.01. The van der Waals surface area contributed by atoms with E-state index in [1.165, 1.54) is 0 Å². The molecule has 1 aliphatic heterocycles. The van der Waals surface area contributed by atoms with Crippen LogP contribution in [0, 0.1) is 0 Å². The third kappa shape index (κ3) is 4.09. The fraction of sp³-hybridized carbons (Fsp3) is 0.125. The average Bonchev–Trinajstić information content (AvgIpc) is 3.20. The van der Waals surface area contributed by atoms with Crippen molar-refractivity contribution in [3.8, 4) is 11.5 Å². The van der Waals surface area contributed by atoms with E-state index in [1.807, 2.05) is 72.8 Å². The van der Waals surface area contributed by atoms with Crippen molar-refractivity contribution in [2.45, 2.75) is 12.3 Å². The third-order valence-corrected chi connectivity index (χ3v) is 4.67. The number of carbonyl (C=O) groups excluding carboxylic acids is 1. The second-order valence-corrected chi connectivity index (χ2v) is 6.49. The van der Waals surface area contributed by atoms with Crippen molar-refractivity contribution in [2.75, 3.05) is 6.79 Å². The highest BCUT2D eigenvalue weighted by molar-refractivity contribution is 5.94. The first kappa shape index (κ1) is 17.1. The molecule has 0 aliphatic carbocycles. The largest absolute Gasteiger partial charge is 0.454 e. The second-order valence-electron chi connectivity index (χ2n) is 6.49. The summed E-state index contributed by atoms with van der Waals surface area (Å²) in [5.41, 5.74) is 3.18. The van der Waals surface area contributed by atoms with Gasteiger partial charge in [0.25, 0.3) is 0 Å². The minimum absolute atomic E-state index is 0.0337. The zero-order valence-electron chi connectivity index (χ0n) is 14.9. The van der Waals surface area contributed by atoms with Gasteiger partial charge in [-0.05, 0) is 34.9 Å². The molecule has 0 fully saturated rings. The molecule has 4 rings (SSSR count). The number of hydrogen-bond donors (Lipinski definition) is 0. The second kappa shape index (κ2) is 7.92. The van der Waals surface area contributed by atoms with Gasteiger partial charge in [0.2, 0.25) is 6.79 Å². The van der Waals surface area contributed by atoms with Crippen molar-refractivity contribution < 1.29 is 14.3 Å². The third-order valence-electron chi connectivity index (χ3n) is 4.67. The van der Waals surface area contributed by atoms with E-state index in [2.05, 4.69) is 12.1 Å². The molecule has 0 saturated heterocycles. The Balaban J connectivity index is 1.59. The maximum atomic E-state index is 12.7. The van der Waals surface area contributed by atoms with Gasteiger partial charge in [-0.2, -0.15) is 0 Å². The van der Waals surface area contributed by atoms with E-state index in [-0.39, 0.29) is 18.5 Å². The highest BCUT2D eigenvalue weighted by Gasteiger charge is 2.21. The lowest BCUT2D eigenvalue weighted by Crippen LogP contribution is -2.07. The van der Waals surface area contributed by atoms with Crippen LogP contribution in [0.1, 0.15) is 29.0 Å². The van der Waals surface area contributed by atoms with Crippen LogP contribution in [-0.2, 0) is 4.79 Å². The van der Waals surface area contributed by atoms with Gasteiger partial charge in [-0.15, -0.1) is 0 Å². The Morgan fingerprint density at radius 1 is 0.852 bits per heavy atom. The van der Waals surface area contributed by atoms with Crippen LogP contribution in [0.4, 0.5) is 0 Å². The molecule has 0 bridgehead atoms. The number of allylic oxidation sites excluding steroid dienone is 1. The summed E-state index contributed by atoms with van der Waals surface area (Å²) in [6, 6.07) is 25.9. The molecule has 1 atom stereocenters. The van der Waals surface area contributed by atoms with Gasteiger partial charge in [0, 0.05) is 12.3 Å². The normalized spacial score (nSPS) is 13.6. The predicted molar refractivity (Wildman–Crippen MR) is 106 cm³/mol. The summed E-state index contributed by atoms with van der Waals surface area (Å²) in [6.07, 6.45) is 3.93. The average molecular weight is 356 g/mol. The van der Waals surface area contributed by atoms with Crippen molar-refractivity contribution in [3.05, 3.63) is 102 Å². The summed E-state index contributed by atoms with van der Waals surface area (Å²) < 4.78 is 10.9. The highest BCUT2D eigenvalue weighted by atomic mass is 16.7. The molecule has 0 amide bonds. The van der Waals surface area contributed by atoms with Gasteiger partial charge in [0.1, 0.15) is 0 Å². The van der Waals surface area contributed by atoms with E-state index in [9.17, 15) is 4.79 Å². The van der Waals surface area contributed by atoms with E-state index >= 15 is 0 Å². The Labute approximate surface area is 158 Å². The van der Waals surface area contributed by atoms with Gasteiger partial charge < -0.3 is 9.47 Å². The summed E-state index contributed by atoms with van der Waals surface area (Å²) in [6.45, 7) is 0.244. The number of fused-ring (bicyclic) bond motifs is 1. The van der Waals surface area contributed by atoms with Crippen LogP contribution in [0.2, 0.25) is 0 Å². The standard InChI is InChI=1S/C24H20O3/c25-21(13-11-18-7-3-1-4-8-18)16-22(19-9-5-2-6-10-19)20-12-14-23-24(15-20)27-17-26-23/h1-15,22H,16-17H2/b13-11+. The summed E-state index contributed by atoms with van der Waals surface area (Å²) in [7, 11) is 0. The van der Waals surface area contributed by atoms with E-state index in [0.717, 1.165) is 28.2 Å². The van der Waals surface area contributed by atoms with Crippen LogP contribution in [0.3, 0.4) is 0 Å². The molecule has 1 unspecified atom stereocenters. The van der Waals surface area contributed by atoms with Crippen molar-refractivity contribution >= 4 is 11.9 Å². The molecule has 134 valence electrons. The Hall–Kier alpha value is -3.33. The molecule has 3 heteroatoms. The Bertz CT molecular complexity index is 946. The van der Waals surface area contributed by atoms with Gasteiger partial charge in [-0.1, -0.05) is 72.8 Å². The summed E-state index contributed by atoms with van der Waals surface area (Å²) in [5, 5.41) is 0. The van der Waals surface area contributed by atoms with Crippen molar-refractivity contribution in [2.24, 2.45) is 0 Å². The number of hydrogen-bond acceptors (Lipinski definition) is 3. The molecule has 0 saturated carbocycles. The Morgan fingerprint density at radius 3 is 2.33 bits per heavy atom. The first-order valence-electron chi connectivity index (χ1n) is 9.00. The fourth-order valence-electron chi connectivity index (χ4n) is 3.27. The molecule has 0 spiro atoms. The topological polar surface area (TPSA) is 35.5 Å². The van der Waals surface area contributed by atoms with Crippen LogP contribution in [0.25, 0.3) is 6.08 Å². The molecule has 1 heterocycles. The maximum absolute atomic E-state index is 12.7. The molecular formula is C24H20O3. The van der Waals surface area contributed by atoms with E-state index in [4.69, 9.17) is 9.47 Å². The fourth-order valence-corrected chi connectivity index (χ4v) is 3.27. The highest BCUT2D eigenvalue weighted by Crippen LogP contribution is 2.37. The smallest absolute Gasteiger partial charge is 0.231 e. The van der Waals surface area contributed by atoms with Crippen LogP contribution in [0.5, 0.6) is 11.5 Å². The number of carbonyl (C=O) groups is 1. The van der Waals surface area contributed by atoms with Crippen LogP contribution in [-0.4, -0.2) is 12.6 Å². The monoisotopic (exact) mass is 356 g/mol. The lowest BCUT2D eigenvalue weighted by atomic mass is 9.87. The minimum Gasteiger partial charge on any atom is -0.454 e. The van der Waals surface area contributed by atoms with Crippen molar-refractivity contribution in [1.29, 1.82) is 0 Å². The van der Waals surface area contributed by atoms with E-state index in [0.29, 0.717) is 6.42 Å². The molecule has 3 nitrogen and oxygen atoms in total. The molecule has 0 aromatic heterocycles. The lowest BCUT2D eigenvalue weighted by Gasteiger charge is -2.17. The molecular weight excluding hydrogens is 336 g/mol. The van der Waals surface area contributed by atoms with E-state index in [1.54, 1.807) is 6.08 Å². The summed E-state index contributed by atoms with van der Waals surface area (Å²) in [5.74, 6) is 1.54. The summed E-state index contributed by atoms with van der Waals surface area (Å²) >= 11 is 0. The van der Waals surface area contributed by atoms with Crippen LogP contribution in [0.15, 0.2) is 84.9 Å². The minimum atomic E-state index is -0.0337. The molecule has 3 aromatic carbocycles. The summed E-state index contributed by atoms with van der Waals surface area (Å²) in [4.78, 5) is 12.7. The molecule has 3 aromatic rings.